The zero-order valence-corrected chi connectivity index (χ0v) is 18.9. The van der Waals surface area contributed by atoms with Crippen molar-refractivity contribution in [1.82, 2.24) is 9.88 Å². The van der Waals surface area contributed by atoms with Gasteiger partial charge in [0, 0.05) is 11.9 Å². The van der Waals surface area contributed by atoms with E-state index in [4.69, 9.17) is 9.47 Å². The molecule has 2 N–H and O–H groups in total. The van der Waals surface area contributed by atoms with Crippen molar-refractivity contribution in [2.45, 2.75) is 19.1 Å². The third-order valence-electron chi connectivity index (χ3n) is 6.15. The van der Waals surface area contributed by atoms with Crippen LogP contribution in [0.15, 0.2) is 78.9 Å². The second-order valence-corrected chi connectivity index (χ2v) is 8.26. The number of hydrogen-bond acceptors (Lipinski definition) is 4. The fourth-order valence-electron chi connectivity index (χ4n) is 4.48. The van der Waals surface area contributed by atoms with Crippen molar-refractivity contribution in [3.05, 3.63) is 101 Å². The van der Waals surface area contributed by atoms with Crippen LogP contribution in [0.4, 0.5) is 4.79 Å². The van der Waals surface area contributed by atoms with Crippen LogP contribution in [0, 0.1) is 0 Å². The van der Waals surface area contributed by atoms with Crippen molar-refractivity contribution in [2.75, 3.05) is 13.7 Å². The molecule has 0 bridgehead atoms. The Morgan fingerprint density at radius 2 is 1.88 bits per heavy atom. The van der Waals surface area contributed by atoms with Crippen LogP contribution < -0.4 is 14.8 Å². The molecule has 3 aromatic carbocycles. The Hall–Kier alpha value is -4.03. The van der Waals surface area contributed by atoms with Crippen LogP contribution in [-0.2, 0) is 13.0 Å². The van der Waals surface area contributed by atoms with E-state index in [1.807, 2.05) is 78.9 Å². The molecule has 0 saturated carbocycles. The van der Waals surface area contributed by atoms with E-state index in [9.17, 15) is 9.90 Å². The van der Waals surface area contributed by atoms with E-state index in [1.165, 1.54) is 10.1 Å². The molecule has 0 aliphatic carbocycles. The van der Waals surface area contributed by atoms with Crippen molar-refractivity contribution in [2.24, 2.45) is 0 Å². The molecule has 0 saturated heterocycles. The molecule has 0 fully saturated rings. The molecular formula is C28H26N2O4. The first-order valence-corrected chi connectivity index (χ1v) is 11.3. The normalized spacial score (nSPS) is 15.4. The number of fused-ring (bicyclic) bond motifs is 2. The van der Waals surface area contributed by atoms with Gasteiger partial charge in [-0.15, -0.1) is 0 Å². The molecule has 4 aromatic rings. The monoisotopic (exact) mass is 454 g/mol. The fraction of sp³-hybridized carbons (Fsp3) is 0.179. The Labute approximate surface area is 198 Å². The summed E-state index contributed by atoms with van der Waals surface area (Å²) in [6.07, 6.45) is 3.75. The van der Waals surface area contributed by atoms with Crippen LogP contribution in [-0.4, -0.2) is 29.4 Å². The van der Waals surface area contributed by atoms with Gasteiger partial charge in [0.15, 0.2) is 11.5 Å². The van der Waals surface area contributed by atoms with Gasteiger partial charge in [0.05, 0.1) is 24.4 Å². The number of ether oxygens (including phenoxy) is 2. The molecule has 5 rings (SSSR count). The third kappa shape index (κ3) is 4.28. The van der Waals surface area contributed by atoms with E-state index in [0.717, 1.165) is 35.2 Å². The smallest absolute Gasteiger partial charge is 0.416 e. The van der Waals surface area contributed by atoms with Gasteiger partial charge >= 0.3 is 6.09 Å². The Kier molecular flexibility index (Phi) is 6.06. The van der Waals surface area contributed by atoms with Crippen molar-refractivity contribution in [3.8, 4) is 11.5 Å². The molecule has 1 aliphatic rings. The van der Waals surface area contributed by atoms with E-state index in [-0.39, 0.29) is 6.04 Å². The Morgan fingerprint density at radius 3 is 2.68 bits per heavy atom. The first-order chi connectivity index (χ1) is 16.6. The molecule has 0 radical (unpaired) electrons. The summed E-state index contributed by atoms with van der Waals surface area (Å²) >= 11 is 0. The van der Waals surface area contributed by atoms with Crippen LogP contribution >= 0.6 is 0 Å². The average molecular weight is 455 g/mol. The van der Waals surface area contributed by atoms with Crippen molar-refractivity contribution < 1.29 is 19.4 Å². The van der Waals surface area contributed by atoms with Crippen molar-refractivity contribution in [1.29, 1.82) is 0 Å². The number of para-hydroxylation sites is 1. The maximum Gasteiger partial charge on any atom is 0.416 e. The van der Waals surface area contributed by atoms with Gasteiger partial charge in [-0.3, -0.25) is 0 Å². The number of hydrogen-bond donors (Lipinski definition) is 2. The quantitative estimate of drug-likeness (QED) is 0.394. The molecule has 1 unspecified atom stereocenters. The topological polar surface area (TPSA) is 72.7 Å². The number of nitrogens with one attached hydrogen (secondary N) is 1. The van der Waals surface area contributed by atoms with E-state index in [1.54, 1.807) is 7.11 Å². The fourth-order valence-corrected chi connectivity index (χ4v) is 4.48. The predicted octanol–water partition coefficient (Wildman–Crippen LogP) is 5.66. The lowest BCUT2D eigenvalue weighted by atomic mass is 9.93. The summed E-state index contributed by atoms with van der Waals surface area (Å²) in [5.74, 6) is 1.40. The van der Waals surface area contributed by atoms with Gasteiger partial charge in [-0.25, -0.2) is 9.36 Å². The van der Waals surface area contributed by atoms with Gasteiger partial charge in [-0.05, 0) is 53.5 Å². The molecule has 172 valence electrons. The molecule has 1 atom stereocenters. The second kappa shape index (κ2) is 9.45. The van der Waals surface area contributed by atoms with Gasteiger partial charge in [-0.2, -0.15) is 0 Å². The summed E-state index contributed by atoms with van der Waals surface area (Å²) in [4.78, 5) is 11.9. The van der Waals surface area contributed by atoms with Crippen LogP contribution in [0.2, 0.25) is 0 Å². The number of rotatable bonds is 6. The van der Waals surface area contributed by atoms with Gasteiger partial charge in [0.25, 0.3) is 0 Å². The molecule has 2 heterocycles. The molecule has 6 heteroatoms. The highest BCUT2D eigenvalue weighted by molar-refractivity contribution is 5.92. The van der Waals surface area contributed by atoms with Crippen molar-refractivity contribution >= 4 is 23.1 Å². The summed E-state index contributed by atoms with van der Waals surface area (Å²) in [5.41, 5.74) is 4.69. The highest BCUT2D eigenvalue weighted by Gasteiger charge is 2.22. The lowest BCUT2D eigenvalue weighted by molar-refractivity contribution is 0.197. The SMILES string of the molecule is COc1cc2c(cc1OCc1ccccc1)CCNC2C=Cc1cc2ccccc2n1C(=O)O. The standard InChI is InChI=1S/C28H26N2O4/c1-33-26-17-23-20(16-27(26)34-18-19-7-3-2-4-8-19)13-14-29-24(23)12-11-22-15-21-9-5-6-10-25(21)30(22)28(31)32/h2-12,15-17,24,29H,13-14,18H2,1H3,(H,31,32). The molecule has 1 aliphatic heterocycles. The largest absolute Gasteiger partial charge is 0.493 e. The molecule has 0 amide bonds. The summed E-state index contributed by atoms with van der Waals surface area (Å²) in [6, 6.07) is 23.4. The number of aromatic nitrogens is 1. The minimum atomic E-state index is -1.00. The Balaban J connectivity index is 1.44. The number of benzene rings is 3. The van der Waals surface area contributed by atoms with Gasteiger partial charge in [0.2, 0.25) is 0 Å². The van der Waals surface area contributed by atoms with Crippen LogP contribution in [0.3, 0.4) is 0 Å². The number of methoxy groups -OCH3 is 1. The zero-order valence-electron chi connectivity index (χ0n) is 18.9. The van der Waals surface area contributed by atoms with E-state index >= 15 is 0 Å². The molecular weight excluding hydrogens is 428 g/mol. The summed E-state index contributed by atoms with van der Waals surface area (Å²) < 4.78 is 13.0. The Bertz CT molecular complexity index is 1360. The lowest BCUT2D eigenvalue weighted by Crippen LogP contribution is -2.28. The molecule has 34 heavy (non-hydrogen) atoms. The van der Waals surface area contributed by atoms with Crippen LogP contribution in [0.5, 0.6) is 11.5 Å². The van der Waals surface area contributed by atoms with E-state index in [2.05, 4.69) is 11.4 Å². The minimum absolute atomic E-state index is 0.0684. The summed E-state index contributed by atoms with van der Waals surface area (Å²) in [6.45, 7) is 1.28. The molecule has 0 spiro atoms. The maximum absolute atomic E-state index is 11.9. The van der Waals surface area contributed by atoms with Gasteiger partial charge in [-0.1, -0.05) is 54.6 Å². The number of carbonyl (C=O) groups is 1. The second-order valence-electron chi connectivity index (χ2n) is 8.26. The maximum atomic E-state index is 11.9. The number of nitrogens with zero attached hydrogens (tertiary/aromatic N) is 1. The van der Waals surface area contributed by atoms with E-state index in [0.29, 0.717) is 23.6 Å². The molecule has 6 nitrogen and oxygen atoms in total. The lowest BCUT2D eigenvalue weighted by Gasteiger charge is -2.26. The third-order valence-corrected chi connectivity index (χ3v) is 6.15. The van der Waals surface area contributed by atoms with Crippen molar-refractivity contribution in [3.63, 3.8) is 0 Å². The average Bonchev–Trinajstić information content (AvgIpc) is 3.25. The van der Waals surface area contributed by atoms with Crippen LogP contribution in [0.1, 0.15) is 28.4 Å². The van der Waals surface area contributed by atoms with Gasteiger partial charge in [0.1, 0.15) is 6.61 Å². The van der Waals surface area contributed by atoms with Crippen LogP contribution in [0.25, 0.3) is 17.0 Å². The first-order valence-electron chi connectivity index (χ1n) is 11.3. The summed E-state index contributed by atoms with van der Waals surface area (Å²) in [5, 5.41) is 14.2. The minimum Gasteiger partial charge on any atom is -0.493 e. The highest BCUT2D eigenvalue weighted by Crippen LogP contribution is 2.36. The van der Waals surface area contributed by atoms with E-state index < -0.39 is 6.09 Å². The predicted molar refractivity (Wildman–Crippen MR) is 133 cm³/mol. The van der Waals surface area contributed by atoms with Gasteiger partial charge < -0.3 is 19.9 Å². The Morgan fingerprint density at radius 1 is 1.09 bits per heavy atom. The summed E-state index contributed by atoms with van der Waals surface area (Å²) in [7, 11) is 1.64. The zero-order chi connectivity index (χ0) is 23.5. The highest BCUT2D eigenvalue weighted by atomic mass is 16.5. The molecule has 1 aromatic heterocycles. The number of carboxylic acid groups (broad SMARTS) is 1. The first kappa shape index (κ1) is 21.8.